The zero-order chi connectivity index (χ0) is 21.8. The van der Waals surface area contributed by atoms with E-state index in [0.717, 1.165) is 6.42 Å². The molecule has 30 heavy (non-hydrogen) atoms. The summed E-state index contributed by atoms with van der Waals surface area (Å²) in [6.45, 7) is 3.99. The van der Waals surface area contributed by atoms with E-state index in [0.29, 0.717) is 27.8 Å². The van der Waals surface area contributed by atoms with Crippen molar-refractivity contribution < 1.29 is 19.1 Å². The lowest BCUT2D eigenvalue weighted by Gasteiger charge is -2.29. The van der Waals surface area contributed by atoms with E-state index in [2.05, 4.69) is 5.32 Å². The van der Waals surface area contributed by atoms with Crippen molar-refractivity contribution >= 4 is 52.5 Å². The summed E-state index contributed by atoms with van der Waals surface area (Å²) in [4.78, 5) is 26.8. The Morgan fingerprint density at radius 2 is 1.93 bits per heavy atom. The fraction of sp³-hybridized carbons (Fsp3) is 0.227. The van der Waals surface area contributed by atoms with Gasteiger partial charge in [0.2, 0.25) is 0 Å². The molecule has 1 aliphatic rings. The minimum absolute atomic E-state index is 0.0230. The number of nitrogens with zero attached hydrogens (tertiary/aromatic N) is 1. The van der Waals surface area contributed by atoms with Gasteiger partial charge in [-0.05, 0) is 61.5 Å². The molecule has 1 aliphatic heterocycles. The smallest absolute Gasteiger partial charge is 0.270 e. The molecule has 0 aliphatic carbocycles. The molecule has 156 valence electrons. The lowest BCUT2D eigenvalue weighted by molar-refractivity contribution is -0.122. The van der Waals surface area contributed by atoms with Crippen LogP contribution in [0.25, 0.3) is 6.08 Å². The van der Waals surface area contributed by atoms with Gasteiger partial charge in [-0.1, -0.05) is 36.7 Å². The quantitative estimate of drug-likeness (QED) is 0.407. The Balaban J connectivity index is 1.97. The molecule has 0 saturated carbocycles. The molecule has 0 aromatic heterocycles. The first-order chi connectivity index (χ1) is 14.3. The highest BCUT2D eigenvalue weighted by molar-refractivity contribution is 7.80. The van der Waals surface area contributed by atoms with E-state index in [1.807, 2.05) is 13.8 Å². The van der Waals surface area contributed by atoms with Crippen LogP contribution < -0.4 is 19.7 Å². The van der Waals surface area contributed by atoms with Gasteiger partial charge in [0.1, 0.15) is 5.57 Å². The van der Waals surface area contributed by atoms with Crippen LogP contribution in [0.2, 0.25) is 5.02 Å². The number of hydrogen-bond donors (Lipinski definition) is 1. The van der Waals surface area contributed by atoms with Crippen molar-refractivity contribution in [3.8, 4) is 11.5 Å². The van der Waals surface area contributed by atoms with Gasteiger partial charge in [-0.2, -0.15) is 0 Å². The predicted molar refractivity (Wildman–Crippen MR) is 121 cm³/mol. The number of carbonyl (C=O) groups is 2. The van der Waals surface area contributed by atoms with Gasteiger partial charge in [-0.25, -0.2) is 0 Å². The Bertz CT molecular complexity index is 1040. The highest BCUT2D eigenvalue weighted by Gasteiger charge is 2.35. The molecule has 0 unspecified atom stereocenters. The molecular weight excluding hydrogens is 424 g/mol. The van der Waals surface area contributed by atoms with E-state index in [4.69, 9.17) is 33.3 Å². The molecule has 2 amide bonds. The van der Waals surface area contributed by atoms with Crippen molar-refractivity contribution in [2.45, 2.75) is 26.4 Å². The summed E-state index contributed by atoms with van der Waals surface area (Å²) in [6, 6.07) is 12.0. The first kappa shape index (κ1) is 21.8. The summed E-state index contributed by atoms with van der Waals surface area (Å²) < 4.78 is 11.3. The third kappa shape index (κ3) is 4.47. The van der Waals surface area contributed by atoms with Gasteiger partial charge in [-0.3, -0.25) is 19.8 Å². The van der Waals surface area contributed by atoms with E-state index in [-0.39, 0.29) is 16.8 Å². The number of benzene rings is 2. The summed E-state index contributed by atoms with van der Waals surface area (Å²) >= 11 is 11.4. The molecule has 6 nitrogen and oxygen atoms in total. The predicted octanol–water partition coefficient (Wildman–Crippen LogP) is 4.36. The number of rotatable bonds is 6. The minimum Gasteiger partial charge on any atom is -0.493 e. The third-order valence-corrected chi connectivity index (χ3v) is 5.20. The standard InChI is InChI=1S/C22H21ClN2O4S/c1-4-13(2)29-18-10-9-14(12-19(18)28-3)11-15-20(26)24-22(30)25(21(15)27)17-8-6-5-7-16(17)23/h5-13H,4H2,1-3H3,(H,24,26,30)/b15-11+/t13-/m1/s1. The summed E-state index contributed by atoms with van der Waals surface area (Å²) in [5.41, 5.74) is 0.935. The van der Waals surface area contributed by atoms with Crippen LogP contribution in [0.3, 0.4) is 0 Å². The van der Waals surface area contributed by atoms with Crippen LogP contribution in [-0.2, 0) is 9.59 Å². The fourth-order valence-corrected chi connectivity index (χ4v) is 3.34. The van der Waals surface area contributed by atoms with Gasteiger partial charge in [0, 0.05) is 0 Å². The molecule has 8 heteroatoms. The summed E-state index contributed by atoms with van der Waals surface area (Å²) in [5.74, 6) is -0.0398. The molecule has 0 bridgehead atoms. The molecule has 2 aromatic rings. The Kier molecular flexibility index (Phi) is 6.74. The lowest BCUT2D eigenvalue weighted by atomic mass is 10.1. The molecule has 0 radical (unpaired) electrons. The number of methoxy groups -OCH3 is 1. The van der Waals surface area contributed by atoms with Crippen molar-refractivity contribution in [1.82, 2.24) is 5.32 Å². The molecule has 1 saturated heterocycles. The number of ether oxygens (including phenoxy) is 2. The Labute approximate surface area is 185 Å². The second-order valence-electron chi connectivity index (χ2n) is 6.66. The number of nitrogens with one attached hydrogen (secondary N) is 1. The van der Waals surface area contributed by atoms with Crippen LogP contribution >= 0.6 is 23.8 Å². The van der Waals surface area contributed by atoms with Crippen LogP contribution in [-0.4, -0.2) is 30.1 Å². The second-order valence-corrected chi connectivity index (χ2v) is 7.45. The third-order valence-electron chi connectivity index (χ3n) is 4.60. The topological polar surface area (TPSA) is 67.9 Å². The van der Waals surface area contributed by atoms with Crippen LogP contribution in [0.1, 0.15) is 25.8 Å². The summed E-state index contributed by atoms with van der Waals surface area (Å²) in [7, 11) is 1.53. The largest absolute Gasteiger partial charge is 0.493 e. The minimum atomic E-state index is -0.577. The zero-order valence-corrected chi connectivity index (χ0v) is 18.3. The second kappa shape index (κ2) is 9.28. The highest BCUT2D eigenvalue weighted by Crippen LogP contribution is 2.32. The van der Waals surface area contributed by atoms with Gasteiger partial charge in [0.05, 0.1) is 23.9 Å². The monoisotopic (exact) mass is 444 g/mol. The van der Waals surface area contributed by atoms with Crippen LogP contribution in [0.5, 0.6) is 11.5 Å². The number of thiocarbonyl (C=S) groups is 1. The Morgan fingerprint density at radius 1 is 1.20 bits per heavy atom. The van der Waals surface area contributed by atoms with Gasteiger partial charge in [0.25, 0.3) is 11.8 Å². The van der Waals surface area contributed by atoms with Crippen molar-refractivity contribution in [3.63, 3.8) is 0 Å². The molecule has 1 N–H and O–H groups in total. The number of carbonyl (C=O) groups excluding carboxylic acids is 2. The molecule has 2 aromatic carbocycles. The number of halogens is 1. The van der Waals surface area contributed by atoms with E-state index in [1.165, 1.54) is 18.1 Å². The first-order valence-electron chi connectivity index (χ1n) is 9.36. The lowest BCUT2D eigenvalue weighted by Crippen LogP contribution is -2.54. The normalized spacial score (nSPS) is 16.5. The number of para-hydroxylation sites is 1. The van der Waals surface area contributed by atoms with Crippen molar-refractivity contribution in [3.05, 3.63) is 58.6 Å². The number of anilines is 1. The Morgan fingerprint density at radius 3 is 2.60 bits per heavy atom. The molecule has 1 atom stereocenters. The van der Waals surface area contributed by atoms with Crippen LogP contribution in [0.4, 0.5) is 5.69 Å². The van der Waals surface area contributed by atoms with Crippen molar-refractivity contribution in [2.75, 3.05) is 12.0 Å². The maximum Gasteiger partial charge on any atom is 0.270 e. The average Bonchev–Trinajstić information content (AvgIpc) is 2.73. The fourth-order valence-electron chi connectivity index (χ4n) is 2.85. The molecular formula is C22H21ClN2O4S. The van der Waals surface area contributed by atoms with Gasteiger partial charge in [0.15, 0.2) is 16.6 Å². The number of amides is 2. The van der Waals surface area contributed by atoms with E-state index < -0.39 is 11.8 Å². The average molecular weight is 445 g/mol. The Hall–Kier alpha value is -2.90. The molecule has 1 heterocycles. The maximum atomic E-state index is 13.1. The molecule has 1 fully saturated rings. The maximum absolute atomic E-state index is 13.1. The molecule has 3 rings (SSSR count). The van der Waals surface area contributed by atoms with Gasteiger partial charge in [-0.15, -0.1) is 0 Å². The van der Waals surface area contributed by atoms with Gasteiger partial charge < -0.3 is 9.47 Å². The summed E-state index contributed by atoms with van der Waals surface area (Å²) in [6.07, 6.45) is 2.36. The van der Waals surface area contributed by atoms with Crippen LogP contribution in [0, 0.1) is 0 Å². The SMILES string of the molecule is CC[C@@H](C)Oc1ccc(/C=C2\C(=O)NC(=S)N(c3ccccc3Cl)C2=O)cc1OC. The van der Waals surface area contributed by atoms with E-state index in [9.17, 15) is 9.59 Å². The highest BCUT2D eigenvalue weighted by atomic mass is 35.5. The number of hydrogen-bond acceptors (Lipinski definition) is 5. The first-order valence-corrected chi connectivity index (χ1v) is 10.1. The molecule has 0 spiro atoms. The van der Waals surface area contributed by atoms with E-state index >= 15 is 0 Å². The van der Waals surface area contributed by atoms with Crippen LogP contribution in [0.15, 0.2) is 48.0 Å². The van der Waals surface area contributed by atoms with E-state index in [1.54, 1.807) is 42.5 Å². The van der Waals surface area contributed by atoms with Crippen molar-refractivity contribution in [1.29, 1.82) is 0 Å². The zero-order valence-electron chi connectivity index (χ0n) is 16.8. The summed E-state index contributed by atoms with van der Waals surface area (Å²) in [5, 5.41) is 2.87. The van der Waals surface area contributed by atoms with Crippen molar-refractivity contribution in [2.24, 2.45) is 0 Å². The van der Waals surface area contributed by atoms with Gasteiger partial charge >= 0.3 is 0 Å².